The second-order valence-corrected chi connectivity index (χ2v) is 6.96. The number of benzene rings is 2. The molecular formula is C24H25NO6. The van der Waals surface area contributed by atoms with Crippen molar-refractivity contribution < 1.29 is 28.6 Å². The highest BCUT2D eigenvalue weighted by Crippen LogP contribution is 2.31. The third-order valence-corrected chi connectivity index (χ3v) is 5.19. The molecule has 1 heterocycles. The summed E-state index contributed by atoms with van der Waals surface area (Å²) in [5.74, 6) is -0.325. The van der Waals surface area contributed by atoms with E-state index in [1.807, 2.05) is 19.1 Å². The maximum Gasteiger partial charge on any atom is 0.374 e. The molecule has 0 spiro atoms. The number of aromatic nitrogens is 1. The minimum atomic E-state index is -0.837. The van der Waals surface area contributed by atoms with Crippen molar-refractivity contribution in [1.29, 1.82) is 0 Å². The molecule has 0 N–H and O–H groups in total. The molecule has 0 saturated heterocycles. The van der Waals surface area contributed by atoms with Gasteiger partial charge in [-0.1, -0.05) is 0 Å². The minimum absolute atomic E-state index is 0.00722. The number of methoxy groups -OCH3 is 2. The summed E-state index contributed by atoms with van der Waals surface area (Å²) in [7, 11) is 3.13. The van der Waals surface area contributed by atoms with E-state index in [0.29, 0.717) is 34.7 Å². The standard InChI is InChI=1S/C24H25NO6/c1-5-31-24(28)22(26)13-11-19-15(2)25(21-12-10-18(30-4)14-20(19)21)23(27)16-6-8-17(29-3)9-7-16/h6-10,12,14H,5,11,13H2,1-4H3. The second kappa shape index (κ2) is 9.47. The number of ether oxygens (including phenoxy) is 3. The van der Waals surface area contributed by atoms with Gasteiger partial charge in [0.25, 0.3) is 5.91 Å². The first-order valence-corrected chi connectivity index (χ1v) is 9.97. The first-order chi connectivity index (χ1) is 14.9. The van der Waals surface area contributed by atoms with E-state index in [1.54, 1.807) is 56.0 Å². The zero-order valence-electron chi connectivity index (χ0n) is 18.1. The van der Waals surface area contributed by atoms with Crippen LogP contribution in [-0.2, 0) is 20.7 Å². The Morgan fingerprint density at radius 3 is 2.19 bits per heavy atom. The Labute approximate surface area is 180 Å². The lowest BCUT2D eigenvalue weighted by Crippen LogP contribution is -2.18. The smallest absolute Gasteiger partial charge is 0.374 e. The van der Waals surface area contributed by atoms with Crippen LogP contribution in [0.15, 0.2) is 42.5 Å². The van der Waals surface area contributed by atoms with Gasteiger partial charge < -0.3 is 14.2 Å². The molecule has 0 saturated carbocycles. The van der Waals surface area contributed by atoms with Crippen molar-refractivity contribution in [2.24, 2.45) is 0 Å². The molecule has 0 amide bonds. The van der Waals surface area contributed by atoms with Crippen LogP contribution in [0.3, 0.4) is 0 Å². The topological polar surface area (TPSA) is 83.8 Å². The summed E-state index contributed by atoms with van der Waals surface area (Å²) in [5.41, 5.74) is 2.73. The first-order valence-electron chi connectivity index (χ1n) is 9.97. The molecule has 3 aromatic rings. The molecule has 0 fully saturated rings. The largest absolute Gasteiger partial charge is 0.497 e. The van der Waals surface area contributed by atoms with Crippen LogP contribution in [0.4, 0.5) is 0 Å². The summed E-state index contributed by atoms with van der Waals surface area (Å²) in [4.78, 5) is 37.1. The second-order valence-electron chi connectivity index (χ2n) is 6.96. The van der Waals surface area contributed by atoms with Crippen molar-refractivity contribution >= 4 is 28.6 Å². The van der Waals surface area contributed by atoms with Crippen LogP contribution < -0.4 is 9.47 Å². The Kier molecular flexibility index (Phi) is 6.74. The summed E-state index contributed by atoms with van der Waals surface area (Å²) >= 11 is 0. The molecule has 7 heteroatoms. The zero-order valence-corrected chi connectivity index (χ0v) is 18.1. The van der Waals surface area contributed by atoms with Crippen molar-refractivity contribution in [3.8, 4) is 11.5 Å². The van der Waals surface area contributed by atoms with Crippen LogP contribution >= 0.6 is 0 Å². The molecule has 1 aromatic heterocycles. The number of carbonyl (C=O) groups excluding carboxylic acids is 3. The monoisotopic (exact) mass is 423 g/mol. The number of nitrogens with zero attached hydrogens (tertiary/aromatic N) is 1. The Hall–Kier alpha value is -3.61. The third-order valence-electron chi connectivity index (χ3n) is 5.19. The SMILES string of the molecule is CCOC(=O)C(=O)CCc1c(C)n(C(=O)c2ccc(OC)cc2)c2ccc(OC)cc12. The van der Waals surface area contributed by atoms with E-state index in [4.69, 9.17) is 14.2 Å². The van der Waals surface area contributed by atoms with Gasteiger partial charge in [-0.05, 0) is 68.3 Å². The van der Waals surface area contributed by atoms with Crippen LogP contribution in [-0.4, -0.2) is 43.1 Å². The van der Waals surface area contributed by atoms with Gasteiger partial charge in [-0.2, -0.15) is 0 Å². The average Bonchev–Trinajstić information content (AvgIpc) is 3.07. The lowest BCUT2D eigenvalue weighted by molar-refractivity contribution is -0.153. The average molecular weight is 423 g/mol. The molecule has 31 heavy (non-hydrogen) atoms. The predicted molar refractivity (Wildman–Crippen MR) is 116 cm³/mol. The van der Waals surface area contributed by atoms with Gasteiger partial charge in [0.15, 0.2) is 0 Å². The molecule has 3 rings (SSSR count). The van der Waals surface area contributed by atoms with Crippen molar-refractivity contribution in [3.05, 3.63) is 59.3 Å². The Balaban J connectivity index is 2.03. The van der Waals surface area contributed by atoms with E-state index in [1.165, 1.54) is 0 Å². The predicted octanol–water partition coefficient (Wildman–Crippen LogP) is 3.72. The fraction of sp³-hybridized carbons (Fsp3) is 0.292. The molecule has 0 aliphatic rings. The Bertz CT molecular complexity index is 1130. The number of Topliss-reactive ketones (excluding diaryl/α,β-unsaturated/α-hetero) is 1. The molecule has 0 aliphatic heterocycles. The van der Waals surface area contributed by atoms with Gasteiger partial charge in [-0.15, -0.1) is 0 Å². The summed E-state index contributed by atoms with van der Waals surface area (Å²) < 4.78 is 16.9. The number of esters is 1. The van der Waals surface area contributed by atoms with Gasteiger partial charge in [-0.3, -0.25) is 14.2 Å². The van der Waals surface area contributed by atoms with Crippen LogP contribution in [0.2, 0.25) is 0 Å². The van der Waals surface area contributed by atoms with Crippen LogP contribution in [0.25, 0.3) is 10.9 Å². The van der Waals surface area contributed by atoms with Crippen LogP contribution in [0, 0.1) is 6.92 Å². The summed E-state index contributed by atoms with van der Waals surface area (Å²) in [6, 6.07) is 12.3. The number of aryl methyl sites for hydroxylation is 1. The van der Waals surface area contributed by atoms with Crippen LogP contribution in [0.1, 0.15) is 35.0 Å². The van der Waals surface area contributed by atoms with Gasteiger partial charge in [0.05, 0.1) is 26.3 Å². The van der Waals surface area contributed by atoms with Crippen LogP contribution in [0.5, 0.6) is 11.5 Å². The van der Waals surface area contributed by atoms with Gasteiger partial charge >= 0.3 is 5.97 Å². The molecule has 7 nitrogen and oxygen atoms in total. The Morgan fingerprint density at radius 2 is 1.58 bits per heavy atom. The normalized spacial score (nSPS) is 10.7. The lowest BCUT2D eigenvalue weighted by atomic mass is 10.0. The van der Waals surface area contributed by atoms with E-state index in [0.717, 1.165) is 10.9 Å². The highest BCUT2D eigenvalue weighted by atomic mass is 16.5. The zero-order chi connectivity index (χ0) is 22.5. The molecule has 0 bridgehead atoms. The third kappa shape index (κ3) is 4.45. The van der Waals surface area contributed by atoms with Crippen molar-refractivity contribution in [2.45, 2.75) is 26.7 Å². The van der Waals surface area contributed by atoms with E-state index in [9.17, 15) is 14.4 Å². The maximum atomic E-state index is 13.3. The first kappa shape index (κ1) is 22.1. The Morgan fingerprint density at radius 1 is 0.935 bits per heavy atom. The number of carbonyl (C=O) groups is 3. The molecule has 0 aliphatic carbocycles. The molecule has 0 radical (unpaired) electrons. The summed E-state index contributed by atoms with van der Waals surface area (Å²) in [5, 5.41) is 0.801. The van der Waals surface area contributed by atoms with Gasteiger partial charge in [0, 0.05) is 23.1 Å². The number of rotatable bonds is 8. The van der Waals surface area contributed by atoms with E-state index >= 15 is 0 Å². The fourth-order valence-electron chi connectivity index (χ4n) is 3.58. The molecule has 162 valence electrons. The van der Waals surface area contributed by atoms with E-state index in [2.05, 4.69) is 0 Å². The maximum absolute atomic E-state index is 13.3. The number of ketones is 1. The quantitative estimate of drug-likeness (QED) is 0.406. The van der Waals surface area contributed by atoms with Crippen molar-refractivity contribution in [3.63, 3.8) is 0 Å². The molecule has 0 atom stereocenters. The summed E-state index contributed by atoms with van der Waals surface area (Å²) in [6.45, 7) is 3.63. The highest BCUT2D eigenvalue weighted by molar-refractivity contribution is 6.33. The van der Waals surface area contributed by atoms with E-state index < -0.39 is 11.8 Å². The van der Waals surface area contributed by atoms with E-state index in [-0.39, 0.29) is 18.9 Å². The van der Waals surface area contributed by atoms with Gasteiger partial charge in [0.1, 0.15) is 11.5 Å². The molecule has 2 aromatic carbocycles. The number of hydrogen-bond donors (Lipinski definition) is 0. The lowest BCUT2D eigenvalue weighted by Gasteiger charge is -2.09. The number of hydrogen-bond acceptors (Lipinski definition) is 6. The minimum Gasteiger partial charge on any atom is -0.497 e. The summed E-state index contributed by atoms with van der Waals surface area (Å²) in [6.07, 6.45) is 0.294. The van der Waals surface area contributed by atoms with Crippen molar-refractivity contribution in [1.82, 2.24) is 4.57 Å². The molecular weight excluding hydrogens is 398 g/mol. The van der Waals surface area contributed by atoms with Gasteiger partial charge in [0.2, 0.25) is 5.78 Å². The highest BCUT2D eigenvalue weighted by Gasteiger charge is 2.22. The van der Waals surface area contributed by atoms with Gasteiger partial charge in [-0.25, -0.2) is 4.79 Å². The molecule has 0 unspecified atom stereocenters. The van der Waals surface area contributed by atoms with Crippen molar-refractivity contribution in [2.75, 3.05) is 20.8 Å². The number of fused-ring (bicyclic) bond motifs is 1. The fourth-order valence-corrected chi connectivity index (χ4v) is 3.58.